The summed E-state index contributed by atoms with van der Waals surface area (Å²) in [6, 6.07) is 7.10. The number of benzene rings is 1. The molecule has 0 unspecified atom stereocenters. The molecule has 1 aliphatic rings. The van der Waals surface area contributed by atoms with E-state index >= 15 is 0 Å². The van der Waals surface area contributed by atoms with Crippen molar-refractivity contribution >= 4 is 17.5 Å². The maximum Gasteiger partial charge on any atom is 0.345 e. The van der Waals surface area contributed by atoms with Crippen molar-refractivity contribution in [2.75, 3.05) is 6.54 Å². The molecule has 2 aromatic heterocycles. The molecule has 0 bridgehead atoms. The van der Waals surface area contributed by atoms with E-state index in [4.69, 9.17) is 11.6 Å². The third-order valence-electron chi connectivity index (χ3n) is 4.90. The zero-order valence-electron chi connectivity index (χ0n) is 16.1. The Labute approximate surface area is 172 Å². The quantitative estimate of drug-likeness (QED) is 0.618. The van der Waals surface area contributed by atoms with E-state index < -0.39 is 0 Å². The van der Waals surface area contributed by atoms with Gasteiger partial charge in [0.1, 0.15) is 5.82 Å². The molecule has 9 nitrogen and oxygen atoms in total. The molecular formula is C19H22ClN7O2. The molecule has 4 rings (SSSR count). The van der Waals surface area contributed by atoms with Gasteiger partial charge in [0, 0.05) is 31.1 Å². The van der Waals surface area contributed by atoms with Gasteiger partial charge < -0.3 is 5.32 Å². The van der Waals surface area contributed by atoms with Gasteiger partial charge in [-0.2, -0.15) is 15.0 Å². The Bertz CT molecular complexity index is 1100. The first-order valence-electron chi connectivity index (χ1n) is 9.67. The van der Waals surface area contributed by atoms with Crippen LogP contribution in [0.2, 0.25) is 5.02 Å². The van der Waals surface area contributed by atoms with Crippen LogP contribution in [0.1, 0.15) is 41.3 Å². The molecule has 0 atom stereocenters. The van der Waals surface area contributed by atoms with Crippen LogP contribution < -0.4 is 11.0 Å². The van der Waals surface area contributed by atoms with Gasteiger partial charge in [-0.15, -0.1) is 5.10 Å². The van der Waals surface area contributed by atoms with E-state index in [0.717, 1.165) is 31.6 Å². The summed E-state index contributed by atoms with van der Waals surface area (Å²) in [5.74, 6) is 0.561. The Morgan fingerprint density at radius 2 is 2.10 bits per heavy atom. The lowest BCUT2D eigenvalue weighted by Gasteiger charge is -2.09. The molecule has 0 saturated heterocycles. The van der Waals surface area contributed by atoms with E-state index in [9.17, 15) is 9.59 Å². The SMILES string of the molecule is Cc1nn(-c2cccc(Cl)c2)nc1C(=O)NCCCn1nc2n(c1=O)CCCC2. The lowest BCUT2D eigenvalue weighted by atomic mass is 10.2. The van der Waals surface area contributed by atoms with Gasteiger partial charge in [0.25, 0.3) is 5.91 Å². The predicted octanol–water partition coefficient (Wildman–Crippen LogP) is 1.74. The van der Waals surface area contributed by atoms with Crippen molar-refractivity contribution in [3.8, 4) is 5.69 Å². The molecule has 0 aliphatic carbocycles. The summed E-state index contributed by atoms with van der Waals surface area (Å²) < 4.78 is 3.24. The molecular weight excluding hydrogens is 394 g/mol. The Balaban J connectivity index is 1.35. The van der Waals surface area contributed by atoms with Crippen LogP contribution in [0, 0.1) is 6.92 Å². The van der Waals surface area contributed by atoms with Crippen LogP contribution in [-0.2, 0) is 19.5 Å². The van der Waals surface area contributed by atoms with Gasteiger partial charge in [-0.3, -0.25) is 9.36 Å². The Kier molecular flexibility index (Phi) is 5.48. The minimum absolute atomic E-state index is 0.0636. The summed E-state index contributed by atoms with van der Waals surface area (Å²) in [4.78, 5) is 26.2. The summed E-state index contributed by atoms with van der Waals surface area (Å²) in [6.45, 7) is 3.36. The van der Waals surface area contributed by atoms with Gasteiger partial charge in [-0.05, 0) is 44.4 Å². The minimum Gasteiger partial charge on any atom is -0.351 e. The average molecular weight is 416 g/mol. The van der Waals surface area contributed by atoms with Crippen molar-refractivity contribution in [3.63, 3.8) is 0 Å². The molecule has 0 saturated carbocycles. The molecule has 29 heavy (non-hydrogen) atoms. The Morgan fingerprint density at radius 1 is 1.24 bits per heavy atom. The van der Waals surface area contributed by atoms with Crippen LogP contribution in [0.5, 0.6) is 0 Å². The van der Waals surface area contributed by atoms with Crippen molar-refractivity contribution in [3.05, 3.63) is 57.0 Å². The van der Waals surface area contributed by atoms with E-state index in [-0.39, 0.29) is 17.3 Å². The van der Waals surface area contributed by atoms with E-state index in [0.29, 0.717) is 35.9 Å². The number of fused-ring (bicyclic) bond motifs is 1. The van der Waals surface area contributed by atoms with Gasteiger partial charge in [0.05, 0.1) is 11.4 Å². The van der Waals surface area contributed by atoms with E-state index in [1.807, 2.05) is 6.07 Å². The zero-order valence-corrected chi connectivity index (χ0v) is 16.9. The number of carbonyl (C=O) groups excluding carboxylic acids is 1. The topological polar surface area (TPSA) is 99.6 Å². The summed E-state index contributed by atoms with van der Waals surface area (Å²) in [6.07, 6.45) is 3.54. The second kappa shape index (κ2) is 8.20. The van der Waals surface area contributed by atoms with Crippen molar-refractivity contribution in [2.24, 2.45) is 0 Å². The van der Waals surface area contributed by atoms with Gasteiger partial charge >= 0.3 is 5.69 Å². The molecule has 1 N–H and O–H groups in total. The normalized spacial score (nSPS) is 13.3. The Morgan fingerprint density at radius 3 is 2.90 bits per heavy atom. The second-order valence-corrected chi connectivity index (χ2v) is 7.48. The van der Waals surface area contributed by atoms with E-state index in [1.54, 1.807) is 29.7 Å². The maximum absolute atomic E-state index is 12.5. The van der Waals surface area contributed by atoms with Gasteiger partial charge in [-0.1, -0.05) is 17.7 Å². The highest BCUT2D eigenvalue weighted by molar-refractivity contribution is 6.30. The summed E-state index contributed by atoms with van der Waals surface area (Å²) in [7, 11) is 0. The van der Waals surface area contributed by atoms with Gasteiger partial charge in [-0.25, -0.2) is 9.48 Å². The molecule has 1 aliphatic heterocycles. The number of hydrogen-bond donors (Lipinski definition) is 1. The van der Waals surface area contributed by atoms with Crippen LogP contribution in [0.4, 0.5) is 0 Å². The highest BCUT2D eigenvalue weighted by atomic mass is 35.5. The number of carbonyl (C=O) groups is 1. The lowest BCUT2D eigenvalue weighted by molar-refractivity contribution is 0.0946. The smallest absolute Gasteiger partial charge is 0.345 e. The molecule has 152 valence electrons. The third kappa shape index (κ3) is 4.09. The first-order chi connectivity index (χ1) is 14.0. The first-order valence-corrected chi connectivity index (χ1v) is 10.1. The summed E-state index contributed by atoms with van der Waals surface area (Å²) >= 11 is 6.00. The number of amides is 1. The average Bonchev–Trinajstić information content (AvgIpc) is 3.26. The molecule has 0 radical (unpaired) electrons. The molecule has 0 spiro atoms. The zero-order chi connectivity index (χ0) is 20.4. The highest BCUT2D eigenvalue weighted by Crippen LogP contribution is 2.14. The molecule has 1 amide bonds. The number of aromatic nitrogens is 6. The van der Waals surface area contributed by atoms with Crippen LogP contribution >= 0.6 is 11.6 Å². The second-order valence-electron chi connectivity index (χ2n) is 7.04. The Hall–Kier alpha value is -2.94. The number of aryl methyl sites for hydroxylation is 3. The minimum atomic E-state index is -0.299. The van der Waals surface area contributed by atoms with E-state index in [1.165, 1.54) is 9.48 Å². The van der Waals surface area contributed by atoms with Crippen molar-refractivity contribution in [1.82, 2.24) is 34.7 Å². The van der Waals surface area contributed by atoms with E-state index in [2.05, 4.69) is 20.6 Å². The number of nitrogens with one attached hydrogen (secondary N) is 1. The molecule has 3 aromatic rings. The maximum atomic E-state index is 12.5. The number of halogens is 1. The fourth-order valence-electron chi connectivity index (χ4n) is 3.41. The van der Waals surface area contributed by atoms with Crippen LogP contribution in [-0.4, -0.2) is 41.8 Å². The fraction of sp³-hybridized carbons (Fsp3) is 0.421. The molecule has 0 fully saturated rings. The van der Waals surface area contributed by atoms with Gasteiger partial charge in [0.2, 0.25) is 0 Å². The largest absolute Gasteiger partial charge is 0.351 e. The van der Waals surface area contributed by atoms with Crippen LogP contribution in [0.25, 0.3) is 5.69 Å². The van der Waals surface area contributed by atoms with Crippen LogP contribution in [0.15, 0.2) is 29.1 Å². The summed E-state index contributed by atoms with van der Waals surface area (Å²) in [5, 5.41) is 16.4. The fourth-order valence-corrected chi connectivity index (χ4v) is 3.60. The molecule has 3 heterocycles. The molecule has 1 aromatic carbocycles. The summed E-state index contributed by atoms with van der Waals surface area (Å²) in [5.41, 5.74) is 1.41. The first kappa shape index (κ1) is 19.4. The number of hydrogen-bond acceptors (Lipinski definition) is 5. The van der Waals surface area contributed by atoms with Crippen molar-refractivity contribution < 1.29 is 4.79 Å². The number of nitrogens with zero attached hydrogens (tertiary/aromatic N) is 6. The van der Waals surface area contributed by atoms with Gasteiger partial charge in [0.15, 0.2) is 5.69 Å². The lowest BCUT2D eigenvalue weighted by Crippen LogP contribution is -2.29. The van der Waals surface area contributed by atoms with Crippen molar-refractivity contribution in [1.29, 1.82) is 0 Å². The third-order valence-corrected chi connectivity index (χ3v) is 5.14. The van der Waals surface area contributed by atoms with Crippen molar-refractivity contribution in [2.45, 2.75) is 45.7 Å². The monoisotopic (exact) mass is 415 g/mol. The molecule has 10 heteroatoms. The predicted molar refractivity (Wildman–Crippen MR) is 107 cm³/mol. The standard InChI is InChI=1S/C19H22ClN7O2/c1-13-17(24-27(22-13)15-7-4-6-14(20)12-15)18(28)21-9-5-11-26-19(29)25-10-3-2-8-16(25)23-26/h4,6-7,12H,2-3,5,8-11H2,1H3,(H,21,28). The highest BCUT2D eigenvalue weighted by Gasteiger charge is 2.18. The number of rotatable bonds is 6. The van der Waals surface area contributed by atoms with Crippen LogP contribution in [0.3, 0.4) is 0 Å².